The summed E-state index contributed by atoms with van der Waals surface area (Å²) in [5, 5.41) is 0. The van der Waals surface area contributed by atoms with E-state index in [0.29, 0.717) is 5.57 Å². The van der Waals surface area contributed by atoms with E-state index < -0.39 is 0 Å². The van der Waals surface area contributed by atoms with Crippen LogP contribution in [0.1, 0.15) is 6.92 Å². The number of hydrogen-bond donors (Lipinski definition) is 0. The number of nitrogens with zero attached hydrogens (tertiary/aromatic N) is 1. The van der Waals surface area contributed by atoms with Gasteiger partial charge in [0.1, 0.15) is 0 Å². The zero-order valence-corrected chi connectivity index (χ0v) is 7.42. The Balaban J connectivity index is 3.75. The molecule has 2 heteroatoms. The molecule has 0 atom stereocenters. The van der Waals surface area contributed by atoms with Crippen LogP contribution in [0, 0.1) is 0 Å². The molecule has 62 valence electrons. The molecule has 0 aromatic rings. The molecule has 0 aliphatic carbocycles. The van der Waals surface area contributed by atoms with Crippen molar-refractivity contribution in [1.82, 2.24) is 4.90 Å². The van der Waals surface area contributed by atoms with E-state index in [9.17, 15) is 4.79 Å². The number of rotatable bonds is 4. The third-order valence-electron chi connectivity index (χ3n) is 1.16. The molecule has 2 nitrogen and oxygen atoms in total. The van der Waals surface area contributed by atoms with Crippen LogP contribution in [0.4, 0.5) is 0 Å². The fourth-order valence-electron chi connectivity index (χ4n) is 0.513. The van der Waals surface area contributed by atoms with Gasteiger partial charge in [-0.1, -0.05) is 12.7 Å². The average Bonchev–Trinajstić information content (AvgIpc) is 1.86. The van der Waals surface area contributed by atoms with Gasteiger partial charge in [0, 0.05) is 6.54 Å². The van der Waals surface area contributed by atoms with Gasteiger partial charge in [-0.15, -0.1) is 0 Å². The number of hydrogen-bond acceptors (Lipinski definition) is 2. The second kappa shape index (κ2) is 4.85. The number of carbonyl (C=O) groups is 1. The lowest BCUT2D eigenvalue weighted by atomic mass is 10.2. The lowest BCUT2D eigenvalue weighted by Gasteiger charge is -2.02. The normalized spacial score (nSPS) is 10.9. The van der Waals surface area contributed by atoms with Gasteiger partial charge < -0.3 is 4.90 Å². The highest BCUT2D eigenvalue weighted by molar-refractivity contribution is 6.02. The van der Waals surface area contributed by atoms with Crippen LogP contribution in [-0.4, -0.2) is 31.3 Å². The highest BCUT2D eigenvalue weighted by atomic mass is 16.1. The first-order chi connectivity index (χ1) is 5.04. The van der Waals surface area contributed by atoms with Gasteiger partial charge >= 0.3 is 0 Å². The molecule has 0 N–H and O–H groups in total. The molecule has 0 aliphatic rings. The molecule has 0 saturated heterocycles. The van der Waals surface area contributed by atoms with Crippen molar-refractivity contribution in [2.75, 3.05) is 20.6 Å². The smallest absolute Gasteiger partial charge is 0.180 e. The monoisotopic (exact) mass is 153 g/mol. The van der Waals surface area contributed by atoms with Crippen LogP contribution in [0.5, 0.6) is 0 Å². The second-order valence-corrected chi connectivity index (χ2v) is 2.81. The number of likely N-dealkylation sites (N-methyl/N-ethyl adjacent to an activating group) is 1. The van der Waals surface area contributed by atoms with Gasteiger partial charge in [-0.05, 0) is 32.7 Å². The summed E-state index contributed by atoms with van der Waals surface area (Å²) < 4.78 is 0. The predicted molar refractivity (Wildman–Crippen MR) is 47.5 cm³/mol. The summed E-state index contributed by atoms with van der Waals surface area (Å²) in [6, 6.07) is 0. The molecule has 0 fully saturated rings. The van der Waals surface area contributed by atoms with Crippen molar-refractivity contribution in [3.63, 3.8) is 0 Å². The Hall–Kier alpha value is -0.890. The van der Waals surface area contributed by atoms with Crippen LogP contribution >= 0.6 is 0 Å². The molecule has 0 heterocycles. The fraction of sp³-hybridized carbons (Fsp3) is 0.444. The lowest BCUT2D eigenvalue weighted by molar-refractivity contribution is -0.111. The first-order valence-corrected chi connectivity index (χ1v) is 3.55. The zero-order valence-electron chi connectivity index (χ0n) is 7.42. The van der Waals surface area contributed by atoms with Gasteiger partial charge in [0.2, 0.25) is 0 Å². The van der Waals surface area contributed by atoms with Crippen molar-refractivity contribution >= 4 is 5.78 Å². The molecular weight excluding hydrogens is 138 g/mol. The zero-order chi connectivity index (χ0) is 8.85. The molecule has 0 aromatic carbocycles. The quantitative estimate of drug-likeness (QED) is 0.566. The van der Waals surface area contributed by atoms with Crippen molar-refractivity contribution in [2.24, 2.45) is 0 Å². The summed E-state index contributed by atoms with van der Waals surface area (Å²) in [5.74, 6) is 0.00634. The first-order valence-electron chi connectivity index (χ1n) is 3.55. The fourth-order valence-corrected chi connectivity index (χ4v) is 0.513. The van der Waals surface area contributed by atoms with E-state index in [1.54, 1.807) is 13.0 Å². The van der Waals surface area contributed by atoms with E-state index in [2.05, 4.69) is 6.58 Å². The molecule has 0 aliphatic heterocycles. The molecule has 0 amide bonds. The molecule has 0 spiro atoms. The van der Waals surface area contributed by atoms with Crippen molar-refractivity contribution in [3.05, 3.63) is 24.3 Å². The SMILES string of the molecule is C=C(C)C(=O)/C=C/CN(C)C. The van der Waals surface area contributed by atoms with E-state index in [4.69, 9.17) is 0 Å². The van der Waals surface area contributed by atoms with Gasteiger partial charge in [-0.3, -0.25) is 4.79 Å². The Morgan fingerprint density at radius 2 is 2.09 bits per heavy atom. The first kappa shape index (κ1) is 10.1. The molecule has 0 rings (SSSR count). The van der Waals surface area contributed by atoms with Gasteiger partial charge in [-0.25, -0.2) is 0 Å². The largest absolute Gasteiger partial charge is 0.306 e. The molecule has 0 radical (unpaired) electrons. The summed E-state index contributed by atoms with van der Waals surface area (Å²) in [6.07, 6.45) is 3.39. The molecule has 0 unspecified atom stereocenters. The topological polar surface area (TPSA) is 20.3 Å². The van der Waals surface area contributed by atoms with Crippen molar-refractivity contribution in [3.8, 4) is 0 Å². The predicted octanol–water partition coefficient (Wildman–Crippen LogP) is 1.25. The minimum absolute atomic E-state index is 0.00634. The second-order valence-electron chi connectivity index (χ2n) is 2.81. The summed E-state index contributed by atoms with van der Waals surface area (Å²) in [6.45, 7) is 6.04. The van der Waals surface area contributed by atoms with Crippen LogP contribution in [0.25, 0.3) is 0 Å². The van der Waals surface area contributed by atoms with Crippen molar-refractivity contribution < 1.29 is 4.79 Å². The Kier molecular flexibility index (Phi) is 4.46. The molecular formula is C9H15NO. The average molecular weight is 153 g/mol. The minimum Gasteiger partial charge on any atom is -0.306 e. The van der Waals surface area contributed by atoms with Gasteiger partial charge in [0.25, 0.3) is 0 Å². The lowest BCUT2D eigenvalue weighted by Crippen LogP contribution is -2.10. The summed E-state index contributed by atoms with van der Waals surface area (Å²) in [5.41, 5.74) is 0.583. The Morgan fingerprint density at radius 1 is 1.55 bits per heavy atom. The van der Waals surface area contributed by atoms with Crippen molar-refractivity contribution in [2.45, 2.75) is 6.92 Å². The highest BCUT2D eigenvalue weighted by Gasteiger charge is 1.93. The third kappa shape index (κ3) is 5.55. The van der Waals surface area contributed by atoms with Gasteiger partial charge in [0.15, 0.2) is 5.78 Å². The van der Waals surface area contributed by atoms with E-state index in [-0.39, 0.29) is 5.78 Å². The molecule has 0 aromatic heterocycles. The van der Waals surface area contributed by atoms with E-state index in [0.717, 1.165) is 6.54 Å². The van der Waals surface area contributed by atoms with Crippen LogP contribution in [-0.2, 0) is 4.79 Å². The highest BCUT2D eigenvalue weighted by Crippen LogP contribution is 1.91. The Labute approximate surface area is 68.2 Å². The third-order valence-corrected chi connectivity index (χ3v) is 1.16. The summed E-state index contributed by atoms with van der Waals surface area (Å²) in [4.78, 5) is 12.9. The maximum Gasteiger partial charge on any atom is 0.180 e. The number of ketones is 1. The van der Waals surface area contributed by atoms with Crippen LogP contribution in [0.15, 0.2) is 24.3 Å². The standard InChI is InChI=1S/C9H15NO/c1-8(2)9(11)6-5-7-10(3)4/h5-6H,1,7H2,2-4H3/b6-5+. The van der Waals surface area contributed by atoms with Gasteiger partial charge in [-0.2, -0.15) is 0 Å². The Bertz CT molecular complexity index is 180. The van der Waals surface area contributed by atoms with Crippen LogP contribution in [0.3, 0.4) is 0 Å². The number of allylic oxidation sites excluding steroid dienone is 2. The summed E-state index contributed by atoms with van der Waals surface area (Å²) >= 11 is 0. The molecule has 11 heavy (non-hydrogen) atoms. The van der Waals surface area contributed by atoms with Crippen LogP contribution < -0.4 is 0 Å². The number of carbonyl (C=O) groups excluding carboxylic acids is 1. The van der Waals surface area contributed by atoms with Gasteiger partial charge in [0.05, 0.1) is 0 Å². The van der Waals surface area contributed by atoms with E-state index >= 15 is 0 Å². The van der Waals surface area contributed by atoms with E-state index in [1.807, 2.05) is 25.1 Å². The maximum absolute atomic E-state index is 10.9. The molecule has 0 saturated carbocycles. The molecule has 0 bridgehead atoms. The Morgan fingerprint density at radius 3 is 2.45 bits per heavy atom. The van der Waals surface area contributed by atoms with E-state index in [1.165, 1.54) is 0 Å². The summed E-state index contributed by atoms with van der Waals surface area (Å²) in [7, 11) is 3.91. The van der Waals surface area contributed by atoms with Crippen LogP contribution in [0.2, 0.25) is 0 Å². The minimum atomic E-state index is 0.00634. The maximum atomic E-state index is 10.9. The van der Waals surface area contributed by atoms with Crippen molar-refractivity contribution in [1.29, 1.82) is 0 Å².